The van der Waals surface area contributed by atoms with Gasteiger partial charge in [-0.1, -0.05) is 71.6 Å². The molecule has 92 valence electrons. The van der Waals surface area contributed by atoms with Crippen LogP contribution in [0.4, 0.5) is 0 Å². The van der Waals surface area contributed by atoms with Crippen LogP contribution in [0, 0.1) is 0 Å². The molecule has 1 nitrogen and oxygen atoms in total. The van der Waals surface area contributed by atoms with Crippen LogP contribution in [0.2, 0.25) is 0 Å². The van der Waals surface area contributed by atoms with Crippen molar-refractivity contribution in [1.82, 2.24) is 4.31 Å². The van der Waals surface area contributed by atoms with Gasteiger partial charge >= 0.3 is 0 Å². The maximum Gasteiger partial charge on any atom is 0.00869 e. The molecule has 0 bridgehead atoms. The first-order valence-corrected chi connectivity index (χ1v) is 7.15. The number of nitrogens with zero attached hydrogens (tertiary/aromatic N) is 1. The third kappa shape index (κ3) is 12.2. The van der Waals surface area contributed by atoms with Gasteiger partial charge in [0.2, 0.25) is 0 Å². The molecule has 0 radical (unpaired) electrons. The highest BCUT2D eigenvalue weighted by atomic mass is 32.1. The minimum absolute atomic E-state index is 1.12. The maximum absolute atomic E-state index is 4.41. The molecule has 0 aromatic carbocycles. The zero-order chi connectivity index (χ0) is 11.4. The Bertz CT molecular complexity index is 117. The first kappa shape index (κ1) is 15.3. The van der Waals surface area contributed by atoms with E-state index in [4.69, 9.17) is 0 Å². The molecule has 0 aliphatic heterocycles. The lowest BCUT2D eigenvalue weighted by molar-refractivity contribution is 0.446. The van der Waals surface area contributed by atoms with Crippen molar-refractivity contribution in [1.29, 1.82) is 0 Å². The summed E-state index contributed by atoms with van der Waals surface area (Å²) in [5, 5.41) is 0. The average molecular weight is 231 g/mol. The normalized spacial score (nSPS) is 11.2. The second-order valence-corrected chi connectivity index (χ2v) is 4.99. The van der Waals surface area contributed by atoms with Crippen molar-refractivity contribution in [3.05, 3.63) is 0 Å². The summed E-state index contributed by atoms with van der Waals surface area (Å²) < 4.78 is 2.15. The van der Waals surface area contributed by atoms with Crippen molar-refractivity contribution in [2.24, 2.45) is 0 Å². The minimum atomic E-state index is 1.12. The van der Waals surface area contributed by atoms with Gasteiger partial charge in [0, 0.05) is 13.1 Å². The van der Waals surface area contributed by atoms with Crippen LogP contribution in [-0.4, -0.2) is 17.4 Å². The maximum atomic E-state index is 4.41. The lowest BCUT2D eigenvalue weighted by Gasteiger charge is -2.13. The van der Waals surface area contributed by atoms with Crippen LogP contribution in [-0.2, 0) is 0 Å². The van der Waals surface area contributed by atoms with Gasteiger partial charge < -0.3 is 0 Å². The molecule has 0 aromatic heterocycles. The van der Waals surface area contributed by atoms with Gasteiger partial charge in [-0.3, -0.25) is 4.31 Å². The largest absolute Gasteiger partial charge is 0.253 e. The van der Waals surface area contributed by atoms with Crippen LogP contribution in [0.15, 0.2) is 0 Å². The van der Waals surface area contributed by atoms with Gasteiger partial charge in [-0.15, -0.1) is 0 Å². The second kappa shape index (κ2) is 12.4. The van der Waals surface area contributed by atoms with Crippen LogP contribution < -0.4 is 0 Å². The standard InChI is InChI=1S/C13H29NS/c1-3-5-6-7-8-9-10-11-13-14(15)12-4-2/h15H,3-13H2,1-2H3. The summed E-state index contributed by atoms with van der Waals surface area (Å²) >= 11 is 4.41. The van der Waals surface area contributed by atoms with E-state index in [-0.39, 0.29) is 0 Å². The van der Waals surface area contributed by atoms with E-state index in [0.29, 0.717) is 0 Å². The van der Waals surface area contributed by atoms with E-state index < -0.39 is 0 Å². The number of unbranched alkanes of at least 4 members (excludes halogenated alkanes) is 7. The molecule has 0 amide bonds. The fraction of sp³-hybridized carbons (Fsp3) is 1.00. The van der Waals surface area contributed by atoms with Gasteiger partial charge in [0.25, 0.3) is 0 Å². The third-order valence-electron chi connectivity index (χ3n) is 2.75. The Morgan fingerprint density at radius 1 is 0.667 bits per heavy atom. The van der Waals surface area contributed by atoms with Gasteiger partial charge in [0.1, 0.15) is 0 Å². The lowest BCUT2D eigenvalue weighted by Crippen LogP contribution is -2.14. The summed E-state index contributed by atoms with van der Waals surface area (Å²) in [4.78, 5) is 0. The Hall–Kier alpha value is 0.310. The molecule has 0 atom stereocenters. The highest BCUT2D eigenvalue weighted by Gasteiger charge is 1.96. The second-order valence-electron chi connectivity index (χ2n) is 4.43. The molecular weight excluding hydrogens is 202 g/mol. The minimum Gasteiger partial charge on any atom is -0.253 e. The van der Waals surface area contributed by atoms with E-state index in [1.54, 1.807) is 0 Å². The Balaban J connectivity index is 2.98. The molecule has 0 aliphatic carbocycles. The highest BCUT2D eigenvalue weighted by molar-refractivity contribution is 7.77. The molecule has 0 unspecified atom stereocenters. The number of thiol groups is 1. The summed E-state index contributed by atoms with van der Waals surface area (Å²) in [5.74, 6) is 0. The molecule has 0 aliphatic rings. The van der Waals surface area contributed by atoms with E-state index in [2.05, 4.69) is 31.0 Å². The van der Waals surface area contributed by atoms with Crippen molar-refractivity contribution in [2.75, 3.05) is 13.1 Å². The molecule has 0 saturated carbocycles. The summed E-state index contributed by atoms with van der Waals surface area (Å²) in [6.07, 6.45) is 12.4. The van der Waals surface area contributed by atoms with E-state index in [1.165, 1.54) is 57.8 Å². The van der Waals surface area contributed by atoms with E-state index in [1.807, 2.05) is 0 Å². The Morgan fingerprint density at radius 3 is 1.73 bits per heavy atom. The Morgan fingerprint density at radius 2 is 1.20 bits per heavy atom. The van der Waals surface area contributed by atoms with Crippen molar-refractivity contribution in [3.8, 4) is 0 Å². The highest BCUT2D eigenvalue weighted by Crippen LogP contribution is 2.09. The molecule has 0 N–H and O–H groups in total. The fourth-order valence-electron chi connectivity index (χ4n) is 1.80. The summed E-state index contributed by atoms with van der Waals surface area (Å²) in [6.45, 7) is 6.76. The molecule has 0 saturated heterocycles. The first-order chi connectivity index (χ1) is 7.31. The summed E-state index contributed by atoms with van der Waals surface area (Å²) in [7, 11) is 0. The zero-order valence-corrected chi connectivity index (χ0v) is 11.6. The summed E-state index contributed by atoms with van der Waals surface area (Å²) in [5.41, 5.74) is 0. The van der Waals surface area contributed by atoms with Crippen LogP contribution in [0.5, 0.6) is 0 Å². The quantitative estimate of drug-likeness (QED) is 0.399. The molecule has 2 heteroatoms. The smallest absolute Gasteiger partial charge is 0.00869 e. The summed E-state index contributed by atoms with van der Waals surface area (Å²) in [6, 6.07) is 0. The third-order valence-corrected chi connectivity index (χ3v) is 3.15. The van der Waals surface area contributed by atoms with Crippen molar-refractivity contribution in [3.63, 3.8) is 0 Å². The molecule has 0 rings (SSSR count). The number of hydrogen-bond acceptors (Lipinski definition) is 2. The molecule has 0 fully saturated rings. The monoisotopic (exact) mass is 231 g/mol. The fourth-order valence-corrected chi connectivity index (χ4v) is 2.14. The predicted octanol–water partition coefficient (Wildman–Crippen LogP) is 4.68. The van der Waals surface area contributed by atoms with Gasteiger partial charge in [0.05, 0.1) is 0 Å². The molecular formula is C13H29NS. The number of hydrogen-bond donors (Lipinski definition) is 1. The SMILES string of the molecule is CCCCCCCCCCN(S)CCC. The van der Waals surface area contributed by atoms with E-state index >= 15 is 0 Å². The van der Waals surface area contributed by atoms with Gasteiger partial charge in [-0.05, 0) is 12.8 Å². The van der Waals surface area contributed by atoms with Crippen LogP contribution >= 0.6 is 12.8 Å². The van der Waals surface area contributed by atoms with Gasteiger partial charge in [-0.2, -0.15) is 0 Å². The molecule has 0 heterocycles. The number of rotatable bonds is 11. The Kier molecular flexibility index (Phi) is 12.6. The van der Waals surface area contributed by atoms with Crippen molar-refractivity contribution >= 4 is 12.8 Å². The molecule has 15 heavy (non-hydrogen) atoms. The van der Waals surface area contributed by atoms with Crippen molar-refractivity contribution < 1.29 is 0 Å². The van der Waals surface area contributed by atoms with Gasteiger partial charge in [-0.25, -0.2) is 0 Å². The van der Waals surface area contributed by atoms with Crippen LogP contribution in [0.3, 0.4) is 0 Å². The zero-order valence-electron chi connectivity index (χ0n) is 10.7. The Labute approximate surface area is 102 Å². The first-order valence-electron chi connectivity index (χ1n) is 6.75. The van der Waals surface area contributed by atoms with E-state index in [9.17, 15) is 0 Å². The van der Waals surface area contributed by atoms with Crippen LogP contribution in [0.1, 0.15) is 71.6 Å². The van der Waals surface area contributed by atoms with Crippen LogP contribution in [0.25, 0.3) is 0 Å². The topological polar surface area (TPSA) is 3.24 Å². The van der Waals surface area contributed by atoms with Crippen molar-refractivity contribution in [2.45, 2.75) is 71.6 Å². The molecule has 0 aromatic rings. The van der Waals surface area contributed by atoms with Gasteiger partial charge in [0.15, 0.2) is 0 Å². The average Bonchev–Trinajstić information content (AvgIpc) is 2.22. The predicted molar refractivity (Wildman–Crippen MR) is 73.5 cm³/mol. The lowest BCUT2D eigenvalue weighted by atomic mass is 10.1. The molecule has 0 spiro atoms. The van der Waals surface area contributed by atoms with E-state index in [0.717, 1.165) is 13.1 Å².